The fraction of sp³-hybridized carbons (Fsp3) is 0.923. The monoisotopic (exact) mass is 423 g/mol. The van der Waals surface area contributed by atoms with Crippen molar-refractivity contribution in [3.63, 3.8) is 0 Å². The van der Waals surface area contributed by atoms with Gasteiger partial charge >= 0.3 is 5.97 Å². The Hall–Kier alpha value is -1.06. The summed E-state index contributed by atoms with van der Waals surface area (Å²) in [6.07, 6.45) is 23.8. The van der Waals surface area contributed by atoms with E-state index >= 15 is 0 Å². The van der Waals surface area contributed by atoms with E-state index in [-0.39, 0.29) is 17.8 Å². The van der Waals surface area contributed by atoms with E-state index in [1.807, 2.05) is 0 Å². The third-order valence-electron chi connectivity index (χ3n) is 6.43. The molecule has 0 spiro atoms. The van der Waals surface area contributed by atoms with Crippen LogP contribution in [-0.2, 0) is 14.3 Å². The molecule has 0 heterocycles. The summed E-state index contributed by atoms with van der Waals surface area (Å²) in [7, 11) is 0. The third-order valence-corrected chi connectivity index (χ3v) is 6.43. The van der Waals surface area contributed by atoms with E-state index in [0.717, 1.165) is 38.5 Å². The summed E-state index contributed by atoms with van der Waals surface area (Å²) in [4.78, 5) is 24.3. The van der Waals surface area contributed by atoms with E-state index in [9.17, 15) is 9.59 Å². The van der Waals surface area contributed by atoms with Gasteiger partial charge in [-0.3, -0.25) is 4.79 Å². The average Bonchev–Trinajstić information content (AvgIpc) is 2.76. The Morgan fingerprint density at radius 1 is 0.767 bits per heavy atom. The van der Waals surface area contributed by atoms with Crippen LogP contribution in [0, 0.1) is 5.92 Å². The Balaban J connectivity index is 1.86. The van der Waals surface area contributed by atoms with Crippen molar-refractivity contribution >= 4 is 11.9 Å². The second-order valence-electron chi connectivity index (χ2n) is 9.33. The predicted octanol–water partition coefficient (Wildman–Crippen LogP) is 7.10. The number of rotatable bonds is 18. The van der Waals surface area contributed by atoms with E-state index in [4.69, 9.17) is 4.74 Å². The first-order chi connectivity index (χ1) is 14.6. The Kier molecular flexibility index (Phi) is 16.8. The molecule has 0 aromatic rings. The quantitative estimate of drug-likeness (QED) is 0.189. The summed E-state index contributed by atoms with van der Waals surface area (Å²) in [6, 6.07) is -0.536. The van der Waals surface area contributed by atoms with Crippen LogP contribution in [0.25, 0.3) is 0 Å². The smallest absolute Gasteiger partial charge is 0.328 e. The minimum absolute atomic E-state index is 0.0237. The van der Waals surface area contributed by atoms with Crippen molar-refractivity contribution in [2.45, 2.75) is 142 Å². The van der Waals surface area contributed by atoms with Crippen LogP contribution in [0.4, 0.5) is 0 Å². The molecule has 1 fully saturated rings. The first kappa shape index (κ1) is 27.0. The summed E-state index contributed by atoms with van der Waals surface area (Å²) in [5.41, 5.74) is 0. The van der Waals surface area contributed by atoms with Gasteiger partial charge in [-0.2, -0.15) is 0 Å². The molecule has 0 saturated heterocycles. The number of nitrogens with one attached hydrogen (secondary N) is 1. The summed E-state index contributed by atoms with van der Waals surface area (Å²) < 4.78 is 5.35. The Labute approximate surface area is 186 Å². The molecule has 0 aromatic carbocycles. The molecular formula is C26H49NO3. The number of amides is 1. The molecule has 0 aliphatic heterocycles. The number of hydrogen-bond donors (Lipinski definition) is 1. The second kappa shape index (κ2) is 18.7. The number of carbonyl (C=O) groups is 2. The van der Waals surface area contributed by atoms with Crippen LogP contribution in [0.5, 0.6) is 0 Å². The van der Waals surface area contributed by atoms with Crippen LogP contribution in [0.1, 0.15) is 136 Å². The van der Waals surface area contributed by atoms with Gasteiger partial charge in [-0.15, -0.1) is 0 Å². The molecule has 1 N–H and O–H groups in total. The molecule has 1 aliphatic carbocycles. The maximum Gasteiger partial charge on any atom is 0.328 e. The maximum atomic E-state index is 12.2. The number of unbranched alkanes of at least 4 members (excludes halogenated alkanes) is 13. The van der Waals surface area contributed by atoms with Gasteiger partial charge in [0, 0.05) is 5.92 Å². The highest BCUT2D eigenvalue weighted by Gasteiger charge is 2.24. The van der Waals surface area contributed by atoms with Crippen molar-refractivity contribution in [3.05, 3.63) is 0 Å². The lowest BCUT2D eigenvalue weighted by atomic mass is 9.88. The summed E-state index contributed by atoms with van der Waals surface area (Å²) in [5, 5.41) is 2.84. The van der Waals surface area contributed by atoms with Gasteiger partial charge in [-0.05, 0) is 26.2 Å². The van der Waals surface area contributed by atoms with E-state index in [1.54, 1.807) is 6.92 Å². The highest BCUT2D eigenvalue weighted by Crippen LogP contribution is 2.23. The Bertz CT molecular complexity index is 432. The number of hydrogen-bond acceptors (Lipinski definition) is 3. The van der Waals surface area contributed by atoms with Crippen LogP contribution in [0.3, 0.4) is 0 Å². The molecule has 4 heteroatoms. The molecular weight excluding hydrogens is 374 g/mol. The SMILES string of the molecule is CCCCCCCCCCCCCCCCOC(=O)[C@H](C)NC(=O)C1CCCCC1. The number of carbonyl (C=O) groups excluding carboxylic acids is 2. The molecule has 1 amide bonds. The third kappa shape index (κ3) is 14.0. The predicted molar refractivity (Wildman–Crippen MR) is 125 cm³/mol. The van der Waals surface area contributed by atoms with Crippen molar-refractivity contribution in [1.82, 2.24) is 5.32 Å². The van der Waals surface area contributed by atoms with Gasteiger partial charge in [-0.25, -0.2) is 4.79 Å². The first-order valence-electron chi connectivity index (χ1n) is 13.1. The van der Waals surface area contributed by atoms with Gasteiger partial charge in [0.15, 0.2) is 0 Å². The van der Waals surface area contributed by atoms with E-state index < -0.39 is 6.04 Å². The van der Waals surface area contributed by atoms with Crippen molar-refractivity contribution in [2.24, 2.45) is 5.92 Å². The standard InChI is InChI=1S/C26H49NO3/c1-3-4-5-6-7-8-9-10-11-12-13-14-15-19-22-30-26(29)23(2)27-25(28)24-20-17-16-18-21-24/h23-24H,3-22H2,1-2H3,(H,27,28)/t23-/m0/s1. The second-order valence-corrected chi connectivity index (χ2v) is 9.33. The van der Waals surface area contributed by atoms with Crippen molar-refractivity contribution in [3.8, 4) is 0 Å². The molecule has 0 unspecified atom stereocenters. The minimum atomic E-state index is -0.536. The zero-order valence-corrected chi connectivity index (χ0v) is 20.0. The summed E-state index contributed by atoms with van der Waals surface area (Å²) >= 11 is 0. The summed E-state index contributed by atoms with van der Waals surface area (Å²) in [6.45, 7) is 4.47. The normalized spacial score (nSPS) is 15.7. The fourth-order valence-electron chi connectivity index (χ4n) is 4.35. The van der Waals surface area contributed by atoms with Gasteiger partial charge in [-0.1, -0.05) is 110 Å². The van der Waals surface area contributed by atoms with E-state index in [2.05, 4.69) is 12.2 Å². The van der Waals surface area contributed by atoms with Crippen LogP contribution >= 0.6 is 0 Å². The largest absolute Gasteiger partial charge is 0.464 e. The molecule has 1 aliphatic rings. The van der Waals surface area contributed by atoms with Crippen molar-refractivity contribution in [1.29, 1.82) is 0 Å². The fourth-order valence-corrected chi connectivity index (χ4v) is 4.35. The van der Waals surface area contributed by atoms with Crippen molar-refractivity contribution < 1.29 is 14.3 Å². The Morgan fingerprint density at radius 2 is 1.23 bits per heavy atom. The number of ether oxygens (including phenoxy) is 1. The van der Waals surface area contributed by atoms with Gasteiger partial charge < -0.3 is 10.1 Å². The van der Waals surface area contributed by atoms with Crippen LogP contribution in [0.15, 0.2) is 0 Å². The Morgan fingerprint density at radius 3 is 1.73 bits per heavy atom. The molecule has 0 aromatic heterocycles. The minimum Gasteiger partial charge on any atom is -0.464 e. The lowest BCUT2D eigenvalue weighted by Crippen LogP contribution is -2.43. The molecule has 176 valence electrons. The highest BCUT2D eigenvalue weighted by molar-refractivity contribution is 5.85. The topological polar surface area (TPSA) is 55.4 Å². The molecule has 0 bridgehead atoms. The molecule has 1 atom stereocenters. The lowest BCUT2D eigenvalue weighted by molar-refractivity contribution is -0.148. The summed E-state index contributed by atoms with van der Waals surface area (Å²) in [5.74, 6) is -0.190. The first-order valence-corrected chi connectivity index (χ1v) is 13.1. The van der Waals surface area contributed by atoms with Gasteiger partial charge in [0.05, 0.1) is 6.61 Å². The van der Waals surface area contributed by atoms with Gasteiger partial charge in [0.1, 0.15) is 6.04 Å². The zero-order valence-electron chi connectivity index (χ0n) is 20.0. The van der Waals surface area contributed by atoms with Crippen LogP contribution < -0.4 is 5.32 Å². The molecule has 1 saturated carbocycles. The van der Waals surface area contributed by atoms with Gasteiger partial charge in [0.25, 0.3) is 0 Å². The molecule has 30 heavy (non-hydrogen) atoms. The zero-order chi connectivity index (χ0) is 21.9. The van der Waals surface area contributed by atoms with Gasteiger partial charge in [0.2, 0.25) is 5.91 Å². The number of esters is 1. The highest BCUT2D eigenvalue weighted by atomic mass is 16.5. The van der Waals surface area contributed by atoms with E-state index in [0.29, 0.717) is 6.61 Å². The maximum absolute atomic E-state index is 12.2. The van der Waals surface area contributed by atoms with Crippen molar-refractivity contribution in [2.75, 3.05) is 6.61 Å². The average molecular weight is 424 g/mol. The molecule has 4 nitrogen and oxygen atoms in total. The van der Waals surface area contributed by atoms with Crippen LogP contribution in [-0.4, -0.2) is 24.5 Å². The van der Waals surface area contributed by atoms with Crippen LogP contribution in [0.2, 0.25) is 0 Å². The molecule has 0 radical (unpaired) electrons. The molecule has 1 rings (SSSR count). The van der Waals surface area contributed by atoms with E-state index in [1.165, 1.54) is 83.5 Å². The lowest BCUT2D eigenvalue weighted by Gasteiger charge is -2.22.